The SMILES string of the molecule is [C-]#[N+]c1cccc2c3ccccc3n(-c3ccc4oc5ccc(-n6c7ccccc7c7ccccc76)cc5c4c3)c12. The Labute approximate surface area is 234 Å². The van der Waals surface area contributed by atoms with Gasteiger partial charge in [0.2, 0.25) is 5.69 Å². The summed E-state index contributed by atoms with van der Waals surface area (Å²) < 4.78 is 10.9. The van der Waals surface area contributed by atoms with Crippen LogP contribution in [0.25, 0.3) is 81.8 Å². The molecule has 3 heterocycles. The van der Waals surface area contributed by atoms with E-state index in [0.29, 0.717) is 5.69 Å². The Hall–Kier alpha value is -5.79. The number of aromatic nitrogens is 2. The van der Waals surface area contributed by atoms with Crippen LogP contribution >= 0.6 is 0 Å². The molecule has 0 bridgehead atoms. The van der Waals surface area contributed by atoms with Crippen LogP contribution < -0.4 is 0 Å². The van der Waals surface area contributed by atoms with Gasteiger partial charge in [-0.1, -0.05) is 72.8 Å². The molecule has 0 aliphatic carbocycles. The van der Waals surface area contributed by atoms with Gasteiger partial charge in [-0.2, -0.15) is 0 Å². The van der Waals surface area contributed by atoms with Crippen LogP contribution in [-0.4, -0.2) is 9.13 Å². The fraction of sp³-hybridized carbons (Fsp3) is 0. The lowest BCUT2D eigenvalue weighted by molar-refractivity contribution is 0.669. The number of fused-ring (bicyclic) bond motifs is 9. The zero-order chi connectivity index (χ0) is 27.1. The number of benzene rings is 6. The molecule has 4 heteroatoms. The molecule has 0 saturated carbocycles. The number of rotatable bonds is 2. The van der Waals surface area contributed by atoms with E-state index in [4.69, 9.17) is 11.0 Å². The van der Waals surface area contributed by atoms with Gasteiger partial charge in [-0.15, -0.1) is 0 Å². The van der Waals surface area contributed by atoms with Crippen molar-refractivity contribution in [3.05, 3.63) is 139 Å². The van der Waals surface area contributed by atoms with E-state index >= 15 is 0 Å². The smallest absolute Gasteiger partial charge is 0.211 e. The standard InChI is InChI=1S/C37H21N3O/c1-38-31-13-8-12-28-27-11-4-7-16-34(27)40(37(28)31)24-18-20-36-30(22-24)29-21-23(17-19-35(29)41-36)39-32-14-5-2-9-25(32)26-10-3-6-15-33(26)39/h2-22H. The number of nitrogens with zero attached hydrogens (tertiary/aromatic N) is 3. The predicted octanol–water partition coefficient (Wildman–Crippen LogP) is 10.3. The van der Waals surface area contributed by atoms with Crippen molar-refractivity contribution in [2.45, 2.75) is 0 Å². The van der Waals surface area contributed by atoms with Crippen LogP contribution in [0.5, 0.6) is 0 Å². The summed E-state index contributed by atoms with van der Waals surface area (Å²) in [5.41, 5.74) is 8.81. The molecule has 0 amide bonds. The molecule has 0 spiro atoms. The molecular formula is C37H21N3O. The third-order valence-electron chi connectivity index (χ3n) is 8.33. The molecule has 6 aromatic carbocycles. The average molecular weight is 524 g/mol. The van der Waals surface area contributed by atoms with Crippen molar-refractivity contribution in [1.82, 2.24) is 9.13 Å². The molecule has 9 rings (SSSR count). The monoisotopic (exact) mass is 523 g/mol. The minimum Gasteiger partial charge on any atom is -0.456 e. The summed E-state index contributed by atoms with van der Waals surface area (Å²) in [5, 5.41) is 6.81. The van der Waals surface area contributed by atoms with Gasteiger partial charge in [-0.25, -0.2) is 4.85 Å². The van der Waals surface area contributed by atoms with Crippen LogP contribution in [0.1, 0.15) is 0 Å². The van der Waals surface area contributed by atoms with E-state index in [1.165, 1.54) is 21.8 Å². The van der Waals surface area contributed by atoms with Crippen LogP contribution in [0, 0.1) is 6.57 Å². The number of hydrogen-bond acceptors (Lipinski definition) is 1. The topological polar surface area (TPSA) is 27.4 Å². The molecule has 0 aliphatic heterocycles. The van der Waals surface area contributed by atoms with Crippen LogP contribution in [-0.2, 0) is 0 Å². The summed E-state index contributed by atoms with van der Waals surface area (Å²) in [5.74, 6) is 0. The van der Waals surface area contributed by atoms with Gasteiger partial charge in [0.25, 0.3) is 0 Å². The van der Waals surface area contributed by atoms with Crippen molar-refractivity contribution >= 4 is 71.2 Å². The summed E-state index contributed by atoms with van der Waals surface area (Å²) in [6, 6.07) is 44.3. The van der Waals surface area contributed by atoms with E-state index in [0.717, 1.165) is 55.1 Å². The molecule has 190 valence electrons. The second-order valence-corrected chi connectivity index (χ2v) is 10.5. The Morgan fingerprint density at radius 2 is 0.951 bits per heavy atom. The minimum atomic E-state index is 0.643. The Bertz CT molecular complexity index is 2500. The Kier molecular flexibility index (Phi) is 4.37. The van der Waals surface area contributed by atoms with Crippen molar-refractivity contribution < 1.29 is 4.42 Å². The van der Waals surface area contributed by atoms with Crippen LogP contribution in [0.4, 0.5) is 5.69 Å². The van der Waals surface area contributed by atoms with E-state index in [2.05, 4.69) is 123 Å². The molecular weight excluding hydrogens is 502 g/mol. The largest absolute Gasteiger partial charge is 0.456 e. The van der Waals surface area contributed by atoms with Crippen molar-refractivity contribution in [2.24, 2.45) is 0 Å². The molecule has 41 heavy (non-hydrogen) atoms. The molecule has 4 nitrogen and oxygen atoms in total. The molecule has 0 radical (unpaired) electrons. The van der Waals surface area contributed by atoms with E-state index in [1.807, 2.05) is 18.2 Å². The van der Waals surface area contributed by atoms with E-state index in [-0.39, 0.29) is 0 Å². The first kappa shape index (κ1) is 22.1. The Morgan fingerprint density at radius 1 is 0.463 bits per heavy atom. The average Bonchev–Trinajstić information content (AvgIpc) is 3.68. The molecule has 0 unspecified atom stereocenters. The number of para-hydroxylation sites is 4. The normalized spacial score (nSPS) is 11.9. The highest BCUT2D eigenvalue weighted by molar-refractivity contribution is 6.14. The van der Waals surface area contributed by atoms with Crippen molar-refractivity contribution in [2.75, 3.05) is 0 Å². The fourth-order valence-electron chi connectivity index (χ4n) is 6.59. The van der Waals surface area contributed by atoms with Gasteiger partial charge in [-0.3, -0.25) is 0 Å². The van der Waals surface area contributed by atoms with Gasteiger partial charge < -0.3 is 13.6 Å². The van der Waals surface area contributed by atoms with Crippen LogP contribution in [0.3, 0.4) is 0 Å². The molecule has 0 saturated heterocycles. The van der Waals surface area contributed by atoms with Gasteiger partial charge in [0, 0.05) is 38.3 Å². The predicted molar refractivity (Wildman–Crippen MR) is 169 cm³/mol. The first-order valence-electron chi connectivity index (χ1n) is 13.6. The fourth-order valence-corrected chi connectivity index (χ4v) is 6.59. The van der Waals surface area contributed by atoms with E-state index < -0.39 is 0 Å². The highest BCUT2D eigenvalue weighted by Crippen LogP contribution is 2.40. The quantitative estimate of drug-likeness (QED) is 0.207. The number of furan rings is 1. The minimum absolute atomic E-state index is 0.643. The second-order valence-electron chi connectivity index (χ2n) is 10.5. The zero-order valence-corrected chi connectivity index (χ0v) is 21.9. The number of hydrogen-bond donors (Lipinski definition) is 0. The van der Waals surface area contributed by atoms with Crippen LogP contribution in [0.2, 0.25) is 0 Å². The lowest BCUT2D eigenvalue weighted by Gasteiger charge is -2.10. The summed E-state index contributed by atoms with van der Waals surface area (Å²) in [4.78, 5) is 3.88. The van der Waals surface area contributed by atoms with Gasteiger partial charge in [0.05, 0.1) is 28.6 Å². The third kappa shape index (κ3) is 2.98. The molecule has 9 aromatic rings. The molecule has 0 fully saturated rings. The Morgan fingerprint density at radius 3 is 1.54 bits per heavy atom. The highest BCUT2D eigenvalue weighted by atomic mass is 16.3. The van der Waals surface area contributed by atoms with Crippen molar-refractivity contribution in [3.63, 3.8) is 0 Å². The van der Waals surface area contributed by atoms with E-state index in [9.17, 15) is 0 Å². The molecule has 0 N–H and O–H groups in total. The molecule has 0 atom stereocenters. The third-order valence-corrected chi connectivity index (χ3v) is 8.33. The van der Waals surface area contributed by atoms with E-state index in [1.54, 1.807) is 0 Å². The van der Waals surface area contributed by atoms with Crippen LogP contribution in [0.15, 0.2) is 132 Å². The summed E-state index contributed by atoms with van der Waals surface area (Å²) in [7, 11) is 0. The highest BCUT2D eigenvalue weighted by Gasteiger charge is 2.18. The maximum absolute atomic E-state index is 7.87. The van der Waals surface area contributed by atoms with Gasteiger partial charge in [0.15, 0.2) is 0 Å². The lowest BCUT2D eigenvalue weighted by atomic mass is 10.1. The van der Waals surface area contributed by atoms with Gasteiger partial charge >= 0.3 is 0 Å². The second kappa shape index (κ2) is 8.11. The summed E-state index contributed by atoms with van der Waals surface area (Å²) in [6.45, 7) is 7.87. The summed E-state index contributed by atoms with van der Waals surface area (Å²) >= 11 is 0. The lowest BCUT2D eigenvalue weighted by Crippen LogP contribution is -1.94. The maximum atomic E-state index is 7.87. The zero-order valence-electron chi connectivity index (χ0n) is 21.9. The molecule has 3 aromatic heterocycles. The Balaban J connectivity index is 1.33. The summed E-state index contributed by atoms with van der Waals surface area (Å²) in [6.07, 6.45) is 0. The first-order chi connectivity index (χ1) is 20.3. The molecule has 0 aliphatic rings. The van der Waals surface area contributed by atoms with Crippen molar-refractivity contribution in [3.8, 4) is 11.4 Å². The maximum Gasteiger partial charge on any atom is 0.211 e. The van der Waals surface area contributed by atoms with Gasteiger partial charge in [0.1, 0.15) is 11.2 Å². The van der Waals surface area contributed by atoms with Gasteiger partial charge in [-0.05, 0) is 60.0 Å². The van der Waals surface area contributed by atoms with Crippen molar-refractivity contribution in [1.29, 1.82) is 0 Å². The first-order valence-corrected chi connectivity index (χ1v) is 13.6.